The molecule has 3 heteroatoms. The fraction of sp³-hybridized carbons (Fsp3) is 0.143. The van der Waals surface area contributed by atoms with Gasteiger partial charge >= 0.3 is 0 Å². The molecule has 0 N–H and O–H groups in total. The van der Waals surface area contributed by atoms with Crippen molar-refractivity contribution in [3.05, 3.63) is 60.7 Å². The second kappa shape index (κ2) is 4.71. The van der Waals surface area contributed by atoms with Gasteiger partial charge in [0.25, 0.3) is 0 Å². The van der Waals surface area contributed by atoms with Crippen LogP contribution in [-0.4, -0.2) is 12.5 Å². The first kappa shape index (κ1) is 14.3. The molecule has 0 aliphatic heterocycles. The number of rotatable bonds is 1. The molecule has 0 bridgehead atoms. The summed E-state index contributed by atoms with van der Waals surface area (Å²) in [6, 6.07) is 22.3. The average Bonchev–Trinajstić information content (AvgIpc) is 3.10. The molecule has 0 unspecified atom stereocenters. The van der Waals surface area contributed by atoms with Gasteiger partial charge in [-0.1, -0.05) is 68.2 Å². The van der Waals surface area contributed by atoms with Crippen LogP contribution in [0.15, 0.2) is 60.7 Å². The Kier molecular flexibility index (Phi) is 2.80. The third-order valence-electron chi connectivity index (χ3n) is 4.85. The molecule has 0 radical (unpaired) electrons. The molecule has 0 aliphatic rings. The summed E-state index contributed by atoms with van der Waals surface area (Å²) in [4.78, 5) is 0. The Balaban J connectivity index is 2.13. The molecule has 0 amide bonds. The molecule has 0 atom stereocenters. The van der Waals surface area contributed by atoms with Crippen molar-refractivity contribution in [2.75, 3.05) is 0 Å². The van der Waals surface area contributed by atoms with Gasteiger partial charge in [0.2, 0.25) is 0 Å². The van der Waals surface area contributed by atoms with Gasteiger partial charge in [0, 0.05) is 31.8 Å². The van der Waals surface area contributed by atoms with Crippen molar-refractivity contribution >= 4 is 61.6 Å². The lowest BCUT2D eigenvalue weighted by molar-refractivity contribution is 1.26. The van der Waals surface area contributed by atoms with Gasteiger partial charge in [0.05, 0.1) is 10.2 Å². The Morgan fingerprint density at radius 1 is 0.708 bits per heavy atom. The summed E-state index contributed by atoms with van der Waals surface area (Å²) >= 11 is 1.94. The number of hydrogen-bond acceptors (Lipinski definition) is 1. The number of nitrogens with zero attached hydrogens (tertiary/aromatic N) is 1. The highest BCUT2D eigenvalue weighted by molar-refractivity contribution is 7.26. The quantitative estimate of drug-likeness (QED) is 0.293. The summed E-state index contributed by atoms with van der Waals surface area (Å²) < 4.78 is 5.48. The molecule has 0 spiro atoms. The molecule has 2 heterocycles. The van der Waals surface area contributed by atoms with Gasteiger partial charge in [0.15, 0.2) is 8.24 Å². The monoisotopic (exact) mass is 345 g/mol. The topological polar surface area (TPSA) is 4.93 Å². The smallest absolute Gasteiger partial charge is 0.153 e. The van der Waals surface area contributed by atoms with Crippen molar-refractivity contribution in [2.45, 2.75) is 19.6 Å². The van der Waals surface area contributed by atoms with Gasteiger partial charge in [-0.15, -0.1) is 11.3 Å². The third kappa shape index (κ3) is 1.80. The lowest BCUT2D eigenvalue weighted by atomic mass is 10.1. The van der Waals surface area contributed by atoms with E-state index in [1.54, 1.807) is 0 Å². The van der Waals surface area contributed by atoms with Crippen LogP contribution in [0.5, 0.6) is 0 Å². The van der Waals surface area contributed by atoms with Crippen LogP contribution in [0.4, 0.5) is 0 Å². The molecule has 5 rings (SSSR count). The van der Waals surface area contributed by atoms with Gasteiger partial charge in [-0.25, -0.2) is 0 Å². The maximum absolute atomic E-state index is 2.66. The minimum atomic E-state index is -1.55. The second-order valence-electron chi connectivity index (χ2n) is 7.46. The lowest BCUT2D eigenvalue weighted by Gasteiger charge is -2.22. The van der Waals surface area contributed by atoms with Crippen LogP contribution in [0, 0.1) is 0 Å². The highest BCUT2D eigenvalue weighted by Gasteiger charge is 2.24. The molecular weight excluding hydrogens is 326 g/mol. The van der Waals surface area contributed by atoms with E-state index in [1.165, 1.54) is 42.0 Å². The van der Waals surface area contributed by atoms with Gasteiger partial charge < -0.3 is 4.23 Å². The SMILES string of the molecule is C[Si](C)(C)n1c2ccccc2c2ccc3c4ccccc4sc3c21. The minimum Gasteiger partial charge on any atom is -0.367 e. The number of aromatic nitrogens is 1. The maximum atomic E-state index is 2.66. The zero-order valence-electron chi connectivity index (χ0n) is 14.1. The lowest BCUT2D eigenvalue weighted by Crippen LogP contribution is -2.31. The summed E-state index contributed by atoms with van der Waals surface area (Å²) in [6.07, 6.45) is 0. The second-order valence-corrected chi connectivity index (χ2v) is 13.3. The largest absolute Gasteiger partial charge is 0.367 e. The summed E-state index contributed by atoms with van der Waals surface area (Å²) in [6.45, 7) is 7.31. The van der Waals surface area contributed by atoms with E-state index in [0.717, 1.165) is 0 Å². The molecule has 3 aromatic carbocycles. The molecule has 1 nitrogen and oxygen atoms in total. The van der Waals surface area contributed by atoms with Crippen molar-refractivity contribution in [2.24, 2.45) is 0 Å². The standard InChI is InChI=1S/C21H19NSSi/c1-24(2,3)22-18-10-6-4-8-14(18)16-12-13-17-15-9-5-7-11-19(15)23-21(17)20(16)22/h4-13H,1-3H3. The Bertz CT molecular complexity index is 1240. The van der Waals surface area contributed by atoms with E-state index in [0.29, 0.717) is 0 Å². The predicted octanol–water partition coefficient (Wildman–Crippen LogP) is 6.85. The van der Waals surface area contributed by atoms with E-state index >= 15 is 0 Å². The van der Waals surface area contributed by atoms with Crippen LogP contribution in [0.2, 0.25) is 19.6 Å². The zero-order valence-corrected chi connectivity index (χ0v) is 15.9. The summed E-state index contributed by atoms with van der Waals surface area (Å²) in [7, 11) is -1.55. The minimum absolute atomic E-state index is 1.38. The zero-order chi connectivity index (χ0) is 16.5. The number of hydrogen-bond donors (Lipinski definition) is 0. The fourth-order valence-electron chi connectivity index (χ4n) is 3.93. The van der Waals surface area contributed by atoms with E-state index in [4.69, 9.17) is 0 Å². The van der Waals surface area contributed by atoms with E-state index in [1.807, 2.05) is 11.3 Å². The highest BCUT2D eigenvalue weighted by atomic mass is 32.1. The van der Waals surface area contributed by atoms with Crippen molar-refractivity contribution in [3.63, 3.8) is 0 Å². The van der Waals surface area contributed by atoms with Crippen LogP contribution < -0.4 is 0 Å². The maximum Gasteiger partial charge on any atom is 0.153 e. The number of thiophene rings is 1. The Morgan fingerprint density at radius 3 is 2.17 bits per heavy atom. The van der Waals surface area contributed by atoms with Gasteiger partial charge in [-0.05, 0) is 12.1 Å². The van der Waals surface area contributed by atoms with Crippen molar-refractivity contribution in [1.82, 2.24) is 4.23 Å². The molecule has 0 aliphatic carbocycles. The normalized spacial score (nSPS) is 12.8. The van der Waals surface area contributed by atoms with Crippen molar-refractivity contribution in [1.29, 1.82) is 0 Å². The van der Waals surface area contributed by atoms with E-state index in [9.17, 15) is 0 Å². The summed E-state index contributed by atoms with van der Waals surface area (Å²) in [5.74, 6) is 0. The first-order valence-electron chi connectivity index (χ1n) is 8.39. The third-order valence-corrected chi connectivity index (χ3v) is 7.85. The number of fused-ring (bicyclic) bond motifs is 7. The number of para-hydroxylation sites is 1. The van der Waals surface area contributed by atoms with Crippen LogP contribution in [-0.2, 0) is 0 Å². The van der Waals surface area contributed by atoms with E-state index in [-0.39, 0.29) is 0 Å². The van der Waals surface area contributed by atoms with E-state index < -0.39 is 8.24 Å². The summed E-state index contributed by atoms with van der Waals surface area (Å²) in [5, 5.41) is 5.55. The van der Waals surface area contributed by atoms with Crippen LogP contribution >= 0.6 is 11.3 Å². The van der Waals surface area contributed by atoms with Crippen molar-refractivity contribution < 1.29 is 0 Å². The fourth-order valence-corrected chi connectivity index (χ4v) is 7.07. The Labute approximate surface area is 146 Å². The van der Waals surface area contributed by atoms with Crippen LogP contribution in [0.25, 0.3) is 42.0 Å². The van der Waals surface area contributed by atoms with Gasteiger partial charge in [0.1, 0.15) is 0 Å². The number of benzene rings is 3. The first-order chi connectivity index (χ1) is 11.6. The molecule has 2 aromatic heterocycles. The molecular formula is C21H19NSSi. The molecule has 0 saturated carbocycles. The average molecular weight is 346 g/mol. The molecule has 118 valence electrons. The highest BCUT2D eigenvalue weighted by Crippen LogP contribution is 2.42. The Hall–Kier alpha value is -2.10. The molecule has 0 fully saturated rings. The van der Waals surface area contributed by atoms with E-state index in [2.05, 4.69) is 84.5 Å². The molecule has 24 heavy (non-hydrogen) atoms. The van der Waals surface area contributed by atoms with Crippen LogP contribution in [0.3, 0.4) is 0 Å². The van der Waals surface area contributed by atoms with Gasteiger partial charge in [-0.3, -0.25) is 0 Å². The van der Waals surface area contributed by atoms with Crippen LogP contribution in [0.1, 0.15) is 0 Å². The Morgan fingerprint density at radius 2 is 1.38 bits per heavy atom. The predicted molar refractivity (Wildman–Crippen MR) is 111 cm³/mol. The van der Waals surface area contributed by atoms with Gasteiger partial charge in [-0.2, -0.15) is 0 Å². The van der Waals surface area contributed by atoms with Crippen molar-refractivity contribution in [3.8, 4) is 0 Å². The summed E-state index contributed by atoms with van der Waals surface area (Å²) in [5.41, 5.74) is 2.82. The molecule has 5 aromatic rings. The first-order valence-corrected chi connectivity index (χ1v) is 12.7. The molecule has 0 saturated heterocycles.